The lowest BCUT2D eigenvalue weighted by atomic mass is 10.2. The van der Waals surface area contributed by atoms with Crippen LogP contribution in [-0.4, -0.2) is 66.0 Å². The number of aromatic nitrogens is 1. The number of carbonyl (C=O) groups is 2. The van der Waals surface area contributed by atoms with E-state index in [-0.39, 0.29) is 11.9 Å². The van der Waals surface area contributed by atoms with Gasteiger partial charge in [0.15, 0.2) is 0 Å². The molecule has 1 aliphatic heterocycles. The zero-order chi connectivity index (χ0) is 19.8. The lowest BCUT2D eigenvalue weighted by Crippen LogP contribution is -2.53. The highest BCUT2D eigenvalue weighted by Gasteiger charge is 2.24. The molecule has 0 saturated carbocycles. The van der Waals surface area contributed by atoms with E-state index in [1.807, 2.05) is 28.5 Å². The fourth-order valence-electron chi connectivity index (χ4n) is 2.87. The molecule has 0 unspecified atom stereocenters. The molecule has 8 nitrogen and oxygen atoms in total. The summed E-state index contributed by atoms with van der Waals surface area (Å²) in [6.45, 7) is 3.18. The van der Waals surface area contributed by atoms with Crippen LogP contribution in [0.4, 0.5) is 10.6 Å². The van der Waals surface area contributed by atoms with Gasteiger partial charge in [-0.2, -0.15) is 5.26 Å². The van der Waals surface area contributed by atoms with Crippen molar-refractivity contribution >= 4 is 29.1 Å². The molecule has 0 radical (unpaired) electrons. The summed E-state index contributed by atoms with van der Waals surface area (Å²) in [6, 6.07) is 9.22. The van der Waals surface area contributed by atoms with E-state index >= 15 is 0 Å². The standard InChI is InChI=1S/C19H22N6O2S/c20-13-15-3-4-17(23-14-15)21-5-6-22-19(27)25-9-7-24(8-10-25)18(26)12-16-2-1-11-28-16/h1-4,11,14H,5-10,12H2,(H,21,23)(H,22,27). The van der Waals surface area contributed by atoms with Crippen molar-refractivity contribution in [2.24, 2.45) is 0 Å². The van der Waals surface area contributed by atoms with Gasteiger partial charge in [-0.05, 0) is 23.6 Å². The number of nitrogens with zero attached hydrogens (tertiary/aromatic N) is 4. The molecule has 3 rings (SSSR count). The van der Waals surface area contributed by atoms with Gasteiger partial charge in [0.25, 0.3) is 0 Å². The van der Waals surface area contributed by atoms with Gasteiger partial charge in [-0.3, -0.25) is 4.79 Å². The predicted octanol–water partition coefficient (Wildman–Crippen LogP) is 1.52. The molecule has 0 atom stereocenters. The number of nitriles is 1. The lowest BCUT2D eigenvalue weighted by Gasteiger charge is -2.34. The van der Waals surface area contributed by atoms with Crippen molar-refractivity contribution in [2.45, 2.75) is 6.42 Å². The molecule has 9 heteroatoms. The van der Waals surface area contributed by atoms with Crippen LogP contribution in [0.5, 0.6) is 0 Å². The van der Waals surface area contributed by atoms with E-state index in [2.05, 4.69) is 15.6 Å². The first-order chi connectivity index (χ1) is 13.7. The zero-order valence-corrected chi connectivity index (χ0v) is 16.2. The van der Waals surface area contributed by atoms with E-state index < -0.39 is 0 Å². The second kappa shape index (κ2) is 9.71. The summed E-state index contributed by atoms with van der Waals surface area (Å²) >= 11 is 1.59. The molecule has 0 aliphatic carbocycles. The largest absolute Gasteiger partial charge is 0.368 e. The van der Waals surface area contributed by atoms with Crippen LogP contribution in [0.15, 0.2) is 35.8 Å². The summed E-state index contributed by atoms with van der Waals surface area (Å²) in [5.74, 6) is 0.771. The van der Waals surface area contributed by atoms with Gasteiger partial charge in [0.05, 0.1) is 12.0 Å². The third kappa shape index (κ3) is 5.44. The van der Waals surface area contributed by atoms with Crippen molar-refractivity contribution in [3.05, 3.63) is 46.3 Å². The van der Waals surface area contributed by atoms with Gasteiger partial charge in [-0.1, -0.05) is 6.07 Å². The summed E-state index contributed by atoms with van der Waals surface area (Å²) in [7, 11) is 0. The Morgan fingerprint density at radius 2 is 1.93 bits per heavy atom. The molecule has 3 heterocycles. The Kier molecular flexibility index (Phi) is 6.81. The van der Waals surface area contributed by atoms with Crippen LogP contribution in [0.2, 0.25) is 0 Å². The van der Waals surface area contributed by atoms with E-state index in [1.54, 1.807) is 28.4 Å². The number of thiophene rings is 1. The van der Waals surface area contributed by atoms with Crippen LogP contribution >= 0.6 is 11.3 Å². The number of carbonyl (C=O) groups excluding carboxylic acids is 2. The number of anilines is 1. The maximum absolute atomic E-state index is 12.3. The fraction of sp³-hybridized carbons (Fsp3) is 0.368. The fourth-order valence-corrected chi connectivity index (χ4v) is 3.57. The molecule has 0 aromatic carbocycles. The Hall–Kier alpha value is -3.12. The van der Waals surface area contributed by atoms with Crippen molar-refractivity contribution in [1.29, 1.82) is 5.26 Å². The van der Waals surface area contributed by atoms with Crippen molar-refractivity contribution < 1.29 is 9.59 Å². The van der Waals surface area contributed by atoms with Gasteiger partial charge in [-0.15, -0.1) is 11.3 Å². The summed E-state index contributed by atoms with van der Waals surface area (Å²) in [5.41, 5.74) is 0.506. The number of pyridine rings is 1. The number of piperazine rings is 1. The Labute approximate surface area is 167 Å². The number of amides is 3. The van der Waals surface area contributed by atoms with Crippen LogP contribution in [0, 0.1) is 11.3 Å². The van der Waals surface area contributed by atoms with Crippen molar-refractivity contribution in [3.8, 4) is 6.07 Å². The molecule has 0 spiro atoms. The van der Waals surface area contributed by atoms with Crippen molar-refractivity contribution in [2.75, 3.05) is 44.6 Å². The van der Waals surface area contributed by atoms with Crippen LogP contribution in [0.1, 0.15) is 10.4 Å². The van der Waals surface area contributed by atoms with Crippen LogP contribution in [-0.2, 0) is 11.2 Å². The van der Waals surface area contributed by atoms with E-state index in [0.717, 1.165) is 4.88 Å². The highest BCUT2D eigenvalue weighted by Crippen LogP contribution is 2.12. The molecule has 0 bridgehead atoms. The van der Waals surface area contributed by atoms with Gasteiger partial charge in [0, 0.05) is 50.3 Å². The summed E-state index contributed by atoms with van der Waals surface area (Å²) < 4.78 is 0. The van der Waals surface area contributed by atoms with Gasteiger partial charge in [0.2, 0.25) is 5.91 Å². The summed E-state index contributed by atoms with van der Waals surface area (Å²) in [5, 5.41) is 16.7. The second-order valence-corrected chi connectivity index (χ2v) is 7.36. The summed E-state index contributed by atoms with van der Waals surface area (Å²) in [4.78, 5) is 33.3. The monoisotopic (exact) mass is 398 g/mol. The molecule has 1 fully saturated rings. The predicted molar refractivity (Wildman–Crippen MR) is 107 cm³/mol. The molecule has 2 aromatic rings. The summed E-state index contributed by atoms with van der Waals surface area (Å²) in [6.07, 6.45) is 1.93. The molecule has 28 heavy (non-hydrogen) atoms. The van der Waals surface area contributed by atoms with Gasteiger partial charge in [-0.25, -0.2) is 9.78 Å². The van der Waals surface area contributed by atoms with Gasteiger partial charge >= 0.3 is 6.03 Å². The van der Waals surface area contributed by atoms with Crippen molar-refractivity contribution in [1.82, 2.24) is 20.1 Å². The molecule has 1 saturated heterocycles. The Bertz CT molecular complexity index is 823. The third-order valence-electron chi connectivity index (χ3n) is 4.43. The van der Waals surface area contributed by atoms with E-state index in [0.29, 0.717) is 57.1 Å². The minimum absolute atomic E-state index is 0.113. The quantitative estimate of drug-likeness (QED) is 0.719. The van der Waals surface area contributed by atoms with Gasteiger partial charge in [0.1, 0.15) is 11.9 Å². The van der Waals surface area contributed by atoms with Crippen molar-refractivity contribution in [3.63, 3.8) is 0 Å². The second-order valence-electron chi connectivity index (χ2n) is 6.33. The van der Waals surface area contributed by atoms with Crippen LogP contribution in [0.25, 0.3) is 0 Å². The maximum atomic E-state index is 12.3. The first-order valence-corrected chi connectivity index (χ1v) is 9.96. The van der Waals surface area contributed by atoms with Gasteiger partial charge < -0.3 is 20.4 Å². The highest BCUT2D eigenvalue weighted by atomic mass is 32.1. The average molecular weight is 398 g/mol. The van der Waals surface area contributed by atoms with E-state index in [9.17, 15) is 9.59 Å². The Morgan fingerprint density at radius 1 is 1.14 bits per heavy atom. The number of rotatable bonds is 6. The number of hydrogen-bond acceptors (Lipinski definition) is 6. The Balaban J connectivity index is 1.33. The maximum Gasteiger partial charge on any atom is 0.317 e. The number of nitrogens with one attached hydrogen (secondary N) is 2. The van der Waals surface area contributed by atoms with Crippen LogP contribution in [0.3, 0.4) is 0 Å². The zero-order valence-electron chi connectivity index (χ0n) is 15.4. The minimum atomic E-state index is -0.125. The smallest absolute Gasteiger partial charge is 0.317 e. The molecule has 146 valence electrons. The first-order valence-electron chi connectivity index (χ1n) is 9.08. The van der Waals surface area contributed by atoms with E-state index in [4.69, 9.17) is 5.26 Å². The highest BCUT2D eigenvalue weighted by molar-refractivity contribution is 7.10. The Morgan fingerprint density at radius 3 is 2.57 bits per heavy atom. The number of hydrogen-bond donors (Lipinski definition) is 2. The molecule has 2 aromatic heterocycles. The van der Waals surface area contributed by atoms with E-state index in [1.165, 1.54) is 6.20 Å². The van der Waals surface area contributed by atoms with Crippen LogP contribution < -0.4 is 10.6 Å². The topological polar surface area (TPSA) is 101 Å². The molecular weight excluding hydrogens is 376 g/mol. The third-order valence-corrected chi connectivity index (χ3v) is 5.30. The lowest BCUT2D eigenvalue weighted by molar-refractivity contribution is -0.131. The SMILES string of the molecule is N#Cc1ccc(NCCNC(=O)N2CCN(C(=O)Cc3cccs3)CC2)nc1. The minimum Gasteiger partial charge on any atom is -0.368 e. The first kappa shape index (κ1) is 19.6. The molecule has 2 N–H and O–H groups in total. The number of urea groups is 1. The molecule has 1 aliphatic rings. The average Bonchev–Trinajstić information content (AvgIpc) is 3.24. The molecular formula is C19H22N6O2S. The normalized spacial score (nSPS) is 13.7. The molecule has 3 amide bonds.